The molecule has 1 aromatic carbocycles. The number of halogens is 1. The third kappa shape index (κ3) is 2.72. The molecule has 3 nitrogen and oxygen atoms in total. The number of nitrogens with zero attached hydrogens (tertiary/aromatic N) is 2. The van der Waals surface area contributed by atoms with Gasteiger partial charge in [-0.15, -0.1) is 0 Å². The summed E-state index contributed by atoms with van der Waals surface area (Å²) in [6.07, 6.45) is 6.19. The lowest BCUT2D eigenvalue weighted by molar-refractivity contribution is 0.715. The zero-order valence-electron chi connectivity index (χ0n) is 11.3. The Morgan fingerprint density at radius 1 is 1.35 bits per heavy atom. The van der Waals surface area contributed by atoms with Gasteiger partial charge in [0.2, 0.25) is 0 Å². The summed E-state index contributed by atoms with van der Waals surface area (Å²) in [4.78, 5) is 6.71. The second-order valence-electron chi connectivity index (χ2n) is 5.16. The molecule has 1 saturated heterocycles. The van der Waals surface area contributed by atoms with E-state index in [1.807, 2.05) is 18.5 Å². The summed E-state index contributed by atoms with van der Waals surface area (Å²) in [5, 5.41) is 0. The van der Waals surface area contributed by atoms with Crippen molar-refractivity contribution < 1.29 is 0 Å². The fourth-order valence-electron chi connectivity index (χ4n) is 2.91. The van der Waals surface area contributed by atoms with Crippen molar-refractivity contribution in [3.8, 4) is 0 Å². The maximum atomic E-state index is 5.78. The zero-order chi connectivity index (χ0) is 13.9. The van der Waals surface area contributed by atoms with Crippen molar-refractivity contribution in [1.82, 2.24) is 4.98 Å². The van der Waals surface area contributed by atoms with Crippen LogP contribution in [0.25, 0.3) is 0 Å². The van der Waals surface area contributed by atoms with Gasteiger partial charge in [-0.3, -0.25) is 4.98 Å². The number of anilines is 1. The molecule has 2 N–H and O–H groups in total. The van der Waals surface area contributed by atoms with Gasteiger partial charge in [0.15, 0.2) is 0 Å². The van der Waals surface area contributed by atoms with Crippen molar-refractivity contribution in [3.63, 3.8) is 0 Å². The first-order valence-corrected chi connectivity index (χ1v) is 7.73. The third-order valence-electron chi connectivity index (χ3n) is 3.83. The molecule has 3 rings (SSSR count). The number of hydrogen-bond acceptors (Lipinski definition) is 3. The highest BCUT2D eigenvalue weighted by Gasteiger charge is 2.26. The fraction of sp³-hybridized carbons (Fsp3) is 0.312. The molecule has 0 spiro atoms. The van der Waals surface area contributed by atoms with E-state index in [1.165, 1.54) is 24.1 Å². The van der Waals surface area contributed by atoms with Crippen molar-refractivity contribution in [2.75, 3.05) is 11.4 Å². The smallest absolute Gasteiger partial charge is 0.0558 e. The number of aromatic nitrogens is 1. The first-order valence-electron chi connectivity index (χ1n) is 6.94. The van der Waals surface area contributed by atoms with Gasteiger partial charge in [-0.1, -0.05) is 22.0 Å². The molecular weight excluding hydrogens is 314 g/mol. The van der Waals surface area contributed by atoms with Gasteiger partial charge in [0.1, 0.15) is 0 Å². The first-order chi connectivity index (χ1) is 9.78. The molecule has 1 atom stereocenters. The largest absolute Gasteiger partial charge is 0.364 e. The molecule has 0 bridgehead atoms. The predicted octanol–water partition coefficient (Wildman–Crippen LogP) is 3.64. The fourth-order valence-corrected chi connectivity index (χ4v) is 3.44. The van der Waals surface area contributed by atoms with Crippen LogP contribution in [-0.4, -0.2) is 11.5 Å². The summed E-state index contributed by atoms with van der Waals surface area (Å²) in [5.74, 6) is 0. The molecule has 1 fully saturated rings. The van der Waals surface area contributed by atoms with Crippen LogP contribution < -0.4 is 10.6 Å². The molecule has 4 heteroatoms. The van der Waals surface area contributed by atoms with Crippen molar-refractivity contribution in [2.45, 2.75) is 25.4 Å². The van der Waals surface area contributed by atoms with Crippen LogP contribution in [0.3, 0.4) is 0 Å². The molecule has 1 aliphatic heterocycles. The number of benzene rings is 1. The van der Waals surface area contributed by atoms with Crippen molar-refractivity contribution >= 4 is 21.6 Å². The van der Waals surface area contributed by atoms with Gasteiger partial charge in [0.05, 0.1) is 6.04 Å². The van der Waals surface area contributed by atoms with E-state index in [0.29, 0.717) is 12.6 Å². The molecule has 0 saturated carbocycles. The first kappa shape index (κ1) is 13.6. The van der Waals surface area contributed by atoms with E-state index in [-0.39, 0.29) is 0 Å². The third-order valence-corrected chi connectivity index (χ3v) is 4.29. The van der Waals surface area contributed by atoms with Crippen LogP contribution in [0.4, 0.5) is 5.69 Å². The predicted molar refractivity (Wildman–Crippen MR) is 85.6 cm³/mol. The van der Waals surface area contributed by atoms with Crippen LogP contribution in [0.1, 0.15) is 30.0 Å². The number of rotatable bonds is 3. The molecule has 0 radical (unpaired) electrons. The van der Waals surface area contributed by atoms with Gasteiger partial charge >= 0.3 is 0 Å². The molecule has 1 aliphatic rings. The second-order valence-corrected chi connectivity index (χ2v) is 6.08. The molecule has 1 unspecified atom stereocenters. The van der Waals surface area contributed by atoms with Crippen LogP contribution >= 0.6 is 15.9 Å². The van der Waals surface area contributed by atoms with Crippen LogP contribution in [0.5, 0.6) is 0 Å². The highest BCUT2D eigenvalue weighted by Crippen LogP contribution is 2.37. The minimum Gasteiger partial charge on any atom is -0.364 e. The van der Waals surface area contributed by atoms with Crippen LogP contribution in [0.2, 0.25) is 0 Å². The average Bonchev–Trinajstić information content (AvgIpc) is 2.97. The number of hydrogen-bond donors (Lipinski definition) is 1. The number of nitrogens with two attached hydrogens (primary N) is 1. The summed E-state index contributed by atoms with van der Waals surface area (Å²) in [5.41, 5.74) is 9.47. The average molecular weight is 332 g/mol. The molecule has 1 aromatic heterocycles. The van der Waals surface area contributed by atoms with E-state index < -0.39 is 0 Å². The molecular formula is C16H18BrN3. The lowest BCUT2D eigenvalue weighted by atomic mass is 10.1. The van der Waals surface area contributed by atoms with Crippen molar-refractivity contribution in [3.05, 3.63) is 58.3 Å². The molecule has 2 aromatic rings. The Bertz CT molecular complexity index is 586. The normalized spacial score (nSPS) is 18.5. The molecule has 2 heterocycles. The maximum Gasteiger partial charge on any atom is 0.0558 e. The Balaban J connectivity index is 1.94. The number of pyridine rings is 1. The summed E-state index contributed by atoms with van der Waals surface area (Å²) >= 11 is 3.58. The van der Waals surface area contributed by atoms with Gasteiger partial charge in [0.25, 0.3) is 0 Å². The lowest BCUT2D eigenvalue weighted by Gasteiger charge is -2.27. The van der Waals surface area contributed by atoms with Crippen LogP contribution in [0.15, 0.2) is 47.2 Å². The summed E-state index contributed by atoms with van der Waals surface area (Å²) in [7, 11) is 0. The second kappa shape index (κ2) is 5.94. The highest BCUT2D eigenvalue weighted by atomic mass is 79.9. The summed E-state index contributed by atoms with van der Waals surface area (Å²) in [6.45, 7) is 1.65. The van der Waals surface area contributed by atoms with Gasteiger partial charge in [0, 0.05) is 35.6 Å². The molecule has 0 aliphatic carbocycles. The van der Waals surface area contributed by atoms with Gasteiger partial charge in [-0.2, -0.15) is 0 Å². The van der Waals surface area contributed by atoms with Crippen molar-refractivity contribution in [2.24, 2.45) is 5.73 Å². The van der Waals surface area contributed by atoms with E-state index in [9.17, 15) is 0 Å². The summed E-state index contributed by atoms with van der Waals surface area (Å²) in [6, 6.07) is 11.0. The minimum absolute atomic E-state index is 0.420. The van der Waals surface area contributed by atoms with Crippen molar-refractivity contribution in [1.29, 1.82) is 0 Å². The Morgan fingerprint density at radius 2 is 2.25 bits per heavy atom. The van der Waals surface area contributed by atoms with Gasteiger partial charge in [-0.05, 0) is 48.2 Å². The molecule has 104 valence electrons. The zero-order valence-corrected chi connectivity index (χ0v) is 12.9. The standard InChI is InChI=1S/C16H18BrN3/c17-14-7-12(10-18)8-15(9-14)20-6-2-4-16(20)13-3-1-5-19-11-13/h1,3,5,7-9,11,16H,2,4,6,10,18H2. The van der Waals surface area contributed by atoms with E-state index in [0.717, 1.165) is 16.6 Å². The van der Waals surface area contributed by atoms with E-state index in [1.54, 1.807) is 0 Å². The van der Waals surface area contributed by atoms with Gasteiger partial charge in [-0.25, -0.2) is 0 Å². The monoisotopic (exact) mass is 331 g/mol. The Morgan fingerprint density at radius 3 is 3.00 bits per heavy atom. The van der Waals surface area contributed by atoms with E-state index >= 15 is 0 Å². The van der Waals surface area contributed by atoms with E-state index in [2.05, 4.69) is 50.1 Å². The SMILES string of the molecule is NCc1cc(Br)cc(N2CCCC2c2cccnc2)c1. The Kier molecular flexibility index (Phi) is 4.03. The van der Waals surface area contributed by atoms with Crippen LogP contribution in [-0.2, 0) is 6.54 Å². The van der Waals surface area contributed by atoms with Gasteiger partial charge < -0.3 is 10.6 Å². The Hall–Kier alpha value is -1.39. The lowest BCUT2D eigenvalue weighted by Crippen LogP contribution is -2.22. The summed E-state index contributed by atoms with van der Waals surface area (Å²) < 4.78 is 1.09. The topological polar surface area (TPSA) is 42.1 Å². The maximum absolute atomic E-state index is 5.78. The minimum atomic E-state index is 0.420. The molecule has 20 heavy (non-hydrogen) atoms. The Labute approximate surface area is 127 Å². The highest BCUT2D eigenvalue weighted by molar-refractivity contribution is 9.10. The molecule has 0 amide bonds. The van der Waals surface area contributed by atoms with E-state index in [4.69, 9.17) is 5.73 Å². The quantitative estimate of drug-likeness (QED) is 0.933. The van der Waals surface area contributed by atoms with Crippen LogP contribution in [0, 0.1) is 0 Å².